The summed E-state index contributed by atoms with van der Waals surface area (Å²) in [7, 11) is 1.35. The van der Waals surface area contributed by atoms with Crippen LogP contribution >= 0.6 is 0 Å². The predicted molar refractivity (Wildman–Crippen MR) is 133 cm³/mol. The highest BCUT2D eigenvalue weighted by atomic mass is 16.5. The summed E-state index contributed by atoms with van der Waals surface area (Å²) in [5.74, 6) is -0.495. The molecule has 0 bridgehead atoms. The van der Waals surface area contributed by atoms with Crippen molar-refractivity contribution in [1.82, 2.24) is 0 Å². The van der Waals surface area contributed by atoms with Crippen molar-refractivity contribution in [1.29, 1.82) is 5.26 Å². The molecule has 0 N–H and O–H groups in total. The number of amides is 1. The lowest BCUT2D eigenvalue weighted by molar-refractivity contribution is -0.113. The van der Waals surface area contributed by atoms with E-state index in [1.807, 2.05) is 42.5 Å². The molecule has 1 amide bonds. The summed E-state index contributed by atoms with van der Waals surface area (Å²) in [6, 6.07) is 24.5. The van der Waals surface area contributed by atoms with Gasteiger partial charge in [0.25, 0.3) is 5.91 Å². The molecule has 0 fully saturated rings. The van der Waals surface area contributed by atoms with Gasteiger partial charge in [0.2, 0.25) is 0 Å². The second-order valence-corrected chi connectivity index (χ2v) is 9.29. The van der Waals surface area contributed by atoms with Crippen LogP contribution in [0.5, 0.6) is 0 Å². The van der Waals surface area contributed by atoms with Gasteiger partial charge in [-0.05, 0) is 52.4 Å². The van der Waals surface area contributed by atoms with Gasteiger partial charge in [-0.15, -0.1) is 0 Å². The molecule has 1 aliphatic rings. The SMILES string of the molecule is COC(=O)c1cccc(CN2C(=O)/C(=C(/c3ccc(C#N)cc3)C(C)(C)C)c3ccccc32)c1. The van der Waals surface area contributed by atoms with E-state index < -0.39 is 5.97 Å². The molecule has 0 aromatic heterocycles. The van der Waals surface area contributed by atoms with E-state index in [0.717, 1.165) is 28.0 Å². The highest BCUT2D eigenvalue weighted by molar-refractivity contribution is 6.37. The molecule has 3 aromatic carbocycles. The summed E-state index contributed by atoms with van der Waals surface area (Å²) in [6.45, 7) is 6.60. The fraction of sp³-hybridized carbons (Fsp3) is 0.207. The normalized spacial score (nSPS) is 14.4. The van der Waals surface area contributed by atoms with Crippen LogP contribution in [0.25, 0.3) is 11.1 Å². The highest BCUT2D eigenvalue weighted by Crippen LogP contribution is 2.47. The topological polar surface area (TPSA) is 70.4 Å². The Kier molecular flexibility index (Phi) is 6.08. The van der Waals surface area contributed by atoms with Crippen LogP contribution in [0.1, 0.15) is 53.4 Å². The lowest BCUT2D eigenvalue weighted by Gasteiger charge is -2.26. The van der Waals surface area contributed by atoms with Crippen molar-refractivity contribution in [3.8, 4) is 6.07 Å². The third kappa shape index (κ3) is 4.23. The molecule has 170 valence electrons. The van der Waals surface area contributed by atoms with Gasteiger partial charge in [-0.2, -0.15) is 5.26 Å². The minimum Gasteiger partial charge on any atom is -0.465 e. The van der Waals surface area contributed by atoms with Crippen molar-refractivity contribution in [2.45, 2.75) is 27.3 Å². The maximum Gasteiger partial charge on any atom is 0.337 e. The fourth-order valence-electron chi connectivity index (χ4n) is 4.44. The molecular weight excluding hydrogens is 424 g/mol. The molecule has 0 aliphatic carbocycles. The Morgan fingerprint density at radius 3 is 2.32 bits per heavy atom. The minimum atomic E-state index is -0.411. The number of carbonyl (C=O) groups excluding carboxylic acids is 2. The van der Waals surface area contributed by atoms with Crippen LogP contribution in [0.2, 0.25) is 0 Å². The Labute approximate surface area is 199 Å². The summed E-state index contributed by atoms with van der Waals surface area (Å²) in [6.07, 6.45) is 0. The number of allylic oxidation sites excluding steroid dienone is 1. The minimum absolute atomic E-state index is 0.0843. The number of nitriles is 1. The van der Waals surface area contributed by atoms with Gasteiger partial charge in [0.1, 0.15) is 0 Å². The van der Waals surface area contributed by atoms with Crippen molar-refractivity contribution in [2.24, 2.45) is 5.41 Å². The van der Waals surface area contributed by atoms with Crippen molar-refractivity contribution < 1.29 is 14.3 Å². The molecule has 0 spiro atoms. The van der Waals surface area contributed by atoms with Crippen molar-refractivity contribution >= 4 is 28.7 Å². The number of para-hydroxylation sites is 1. The predicted octanol–water partition coefficient (Wildman–Crippen LogP) is 5.85. The maximum absolute atomic E-state index is 14.0. The summed E-state index contributed by atoms with van der Waals surface area (Å²) >= 11 is 0. The van der Waals surface area contributed by atoms with Crippen molar-refractivity contribution in [3.05, 3.63) is 101 Å². The summed E-state index contributed by atoms with van der Waals surface area (Å²) in [4.78, 5) is 27.7. The molecule has 5 nitrogen and oxygen atoms in total. The van der Waals surface area contributed by atoms with Gasteiger partial charge < -0.3 is 9.64 Å². The quantitative estimate of drug-likeness (QED) is 0.369. The average molecular weight is 451 g/mol. The number of carbonyl (C=O) groups is 2. The van der Waals surface area contributed by atoms with Crippen LogP contribution in [0.3, 0.4) is 0 Å². The van der Waals surface area contributed by atoms with Crippen LogP contribution in [-0.2, 0) is 16.1 Å². The molecular formula is C29H26N2O3. The lowest BCUT2D eigenvalue weighted by atomic mass is 9.77. The molecule has 1 aliphatic heterocycles. The van der Waals surface area contributed by atoms with Gasteiger partial charge in [-0.1, -0.05) is 63.2 Å². The van der Waals surface area contributed by atoms with Crippen molar-refractivity contribution in [2.75, 3.05) is 12.0 Å². The first-order valence-corrected chi connectivity index (χ1v) is 11.1. The van der Waals surface area contributed by atoms with Gasteiger partial charge in [-0.3, -0.25) is 4.79 Å². The summed E-state index contributed by atoms with van der Waals surface area (Å²) in [5, 5.41) is 9.20. The van der Waals surface area contributed by atoms with E-state index in [0.29, 0.717) is 23.2 Å². The summed E-state index contributed by atoms with van der Waals surface area (Å²) < 4.78 is 4.84. The Morgan fingerprint density at radius 1 is 0.971 bits per heavy atom. The van der Waals surface area contributed by atoms with Gasteiger partial charge >= 0.3 is 5.97 Å². The van der Waals surface area contributed by atoms with Crippen LogP contribution in [0, 0.1) is 16.7 Å². The van der Waals surface area contributed by atoms with Crippen LogP contribution in [0.15, 0.2) is 72.8 Å². The number of nitrogens with zero attached hydrogens (tertiary/aromatic N) is 2. The van der Waals surface area contributed by atoms with Crippen LogP contribution in [0.4, 0.5) is 5.69 Å². The smallest absolute Gasteiger partial charge is 0.337 e. The zero-order valence-corrected chi connectivity index (χ0v) is 19.8. The molecule has 34 heavy (non-hydrogen) atoms. The fourth-order valence-corrected chi connectivity index (χ4v) is 4.44. The number of hydrogen-bond acceptors (Lipinski definition) is 4. The van der Waals surface area contributed by atoms with E-state index in [1.54, 1.807) is 35.2 Å². The standard InChI is InChI=1S/C29H26N2O3/c1-29(2,3)26(21-14-12-19(17-30)13-15-21)25-23-10-5-6-11-24(23)31(27(25)32)18-20-8-7-9-22(16-20)28(33)34-4/h5-16H,18H2,1-4H3/b26-25-. The maximum atomic E-state index is 14.0. The monoisotopic (exact) mass is 450 g/mol. The van der Waals surface area contributed by atoms with E-state index in [4.69, 9.17) is 4.74 Å². The largest absolute Gasteiger partial charge is 0.465 e. The van der Waals surface area contributed by atoms with Gasteiger partial charge in [0.05, 0.1) is 42.1 Å². The van der Waals surface area contributed by atoms with Gasteiger partial charge in [0.15, 0.2) is 0 Å². The Balaban J connectivity index is 1.85. The van der Waals surface area contributed by atoms with E-state index in [1.165, 1.54) is 7.11 Å². The number of methoxy groups -OCH3 is 1. The molecule has 0 atom stereocenters. The first-order chi connectivity index (χ1) is 16.2. The van der Waals surface area contributed by atoms with E-state index in [9.17, 15) is 14.9 Å². The number of rotatable bonds is 4. The van der Waals surface area contributed by atoms with Gasteiger partial charge in [-0.25, -0.2) is 4.79 Å². The van der Waals surface area contributed by atoms with Crippen molar-refractivity contribution in [3.63, 3.8) is 0 Å². The third-order valence-electron chi connectivity index (χ3n) is 5.91. The number of esters is 1. The Morgan fingerprint density at radius 2 is 1.68 bits per heavy atom. The van der Waals surface area contributed by atoms with E-state index in [-0.39, 0.29) is 11.3 Å². The molecule has 1 heterocycles. The third-order valence-corrected chi connectivity index (χ3v) is 5.91. The molecule has 5 heteroatoms. The van der Waals surface area contributed by atoms with E-state index in [2.05, 4.69) is 26.8 Å². The average Bonchev–Trinajstić information content (AvgIpc) is 3.10. The Bertz CT molecular complexity index is 1340. The summed E-state index contributed by atoms with van der Waals surface area (Å²) in [5.41, 5.74) is 5.76. The number of fused-ring (bicyclic) bond motifs is 1. The first-order valence-electron chi connectivity index (χ1n) is 11.1. The van der Waals surface area contributed by atoms with Crippen LogP contribution < -0.4 is 4.90 Å². The Hall–Kier alpha value is -4.17. The molecule has 0 saturated carbocycles. The lowest BCUT2D eigenvalue weighted by Crippen LogP contribution is -2.27. The molecule has 0 radical (unpaired) electrons. The molecule has 0 unspecified atom stereocenters. The number of hydrogen-bond donors (Lipinski definition) is 0. The van der Waals surface area contributed by atoms with E-state index >= 15 is 0 Å². The molecule has 4 rings (SSSR count). The highest BCUT2D eigenvalue weighted by Gasteiger charge is 2.37. The van der Waals surface area contributed by atoms with Gasteiger partial charge in [0, 0.05) is 5.56 Å². The molecule has 0 saturated heterocycles. The zero-order valence-electron chi connectivity index (χ0n) is 19.8. The second-order valence-electron chi connectivity index (χ2n) is 9.29. The van der Waals surface area contributed by atoms with Crippen LogP contribution in [-0.4, -0.2) is 19.0 Å². The molecule has 3 aromatic rings. The first kappa shape index (κ1) is 23.0. The second kappa shape index (κ2) is 8.99. The number of ether oxygens (including phenoxy) is 1. The zero-order chi connectivity index (χ0) is 24.5. The number of benzene rings is 3. The number of anilines is 1.